The van der Waals surface area contributed by atoms with Gasteiger partial charge >= 0.3 is 0 Å². The molecule has 1 aromatic heterocycles. The lowest BCUT2D eigenvalue weighted by Crippen LogP contribution is -2.26. The minimum atomic E-state index is -0.123. The molecule has 2 rings (SSSR count). The van der Waals surface area contributed by atoms with Crippen LogP contribution in [0.3, 0.4) is 0 Å². The van der Waals surface area contributed by atoms with Crippen molar-refractivity contribution in [3.63, 3.8) is 0 Å². The molecule has 5 N–H and O–H groups in total. The maximum absolute atomic E-state index is 12.0. The number of carbonyl (C=O) groups excluding carboxylic acids is 1. The molecule has 1 heterocycles. The van der Waals surface area contributed by atoms with Crippen LogP contribution >= 0.6 is 0 Å². The molecule has 0 aliphatic carbocycles. The Kier molecular flexibility index (Phi) is 4.73. The zero-order chi connectivity index (χ0) is 14.4. The van der Waals surface area contributed by atoms with E-state index in [4.69, 9.17) is 5.84 Å². The number of aryl methyl sites for hydroxylation is 2. The van der Waals surface area contributed by atoms with Crippen LogP contribution in [0.5, 0.6) is 0 Å². The number of para-hydroxylation sites is 1. The van der Waals surface area contributed by atoms with Gasteiger partial charge in [0.1, 0.15) is 0 Å². The molecule has 0 bridgehead atoms. The zero-order valence-corrected chi connectivity index (χ0v) is 11.4. The summed E-state index contributed by atoms with van der Waals surface area (Å²) in [7, 11) is 0. The number of nitrogens with one attached hydrogen (secondary N) is 3. The van der Waals surface area contributed by atoms with Gasteiger partial charge in [-0.1, -0.05) is 12.1 Å². The number of nitrogens with two attached hydrogens (primary N) is 1. The fourth-order valence-electron chi connectivity index (χ4n) is 2.01. The van der Waals surface area contributed by atoms with Crippen LogP contribution in [0, 0.1) is 6.92 Å². The molecule has 0 aliphatic rings. The summed E-state index contributed by atoms with van der Waals surface area (Å²) in [5.41, 5.74) is 5.96. The van der Waals surface area contributed by atoms with Crippen molar-refractivity contribution in [1.82, 2.24) is 15.5 Å². The predicted molar refractivity (Wildman–Crippen MR) is 78.2 cm³/mol. The van der Waals surface area contributed by atoms with E-state index < -0.39 is 0 Å². The Morgan fingerprint density at radius 2 is 2.20 bits per heavy atom. The van der Waals surface area contributed by atoms with E-state index in [0.29, 0.717) is 17.8 Å². The van der Waals surface area contributed by atoms with Crippen LogP contribution in [0.25, 0.3) is 0 Å². The summed E-state index contributed by atoms with van der Waals surface area (Å²) in [6.45, 7) is 2.60. The number of nitrogen functional groups attached to an aromatic ring is 1. The van der Waals surface area contributed by atoms with Gasteiger partial charge in [-0.25, -0.2) is 0 Å². The number of hydrogen-bond acceptors (Lipinski definition) is 4. The largest absolute Gasteiger partial charge is 0.352 e. The molecule has 0 unspecified atom stereocenters. The molecule has 2 aromatic rings. The van der Waals surface area contributed by atoms with Crippen molar-refractivity contribution in [2.75, 3.05) is 12.0 Å². The molecule has 0 saturated carbocycles. The first-order valence-electron chi connectivity index (χ1n) is 6.55. The molecule has 0 aliphatic heterocycles. The van der Waals surface area contributed by atoms with E-state index in [9.17, 15) is 4.79 Å². The average Bonchev–Trinajstić information content (AvgIpc) is 2.88. The highest BCUT2D eigenvalue weighted by Gasteiger charge is 2.09. The summed E-state index contributed by atoms with van der Waals surface area (Å²) < 4.78 is 0. The lowest BCUT2D eigenvalue weighted by atomic mass is 10.1. The van der Waals surface area contributed by atoms with Crippen LogP contribution in [0.15, 0.2) is 30.5 Å². The first-order chi connectivity index (χ1) is 9.72. The number of anilines is 1. The first-order valence-corrected chi connectivity index (χ1v) is 6.55. The van der Waals surface area contributed by atoms with Gasteiger partial charge in [0.05, 0.1) is 17.4 Å². The molecule has 1 amide bonds. The lowest BCUT2D eigenvalue weighted by Gasteiger charge is -2.09. The normalized spacial score (nSPS) is 10.3. The van der Waals surface area contributed by atoms with Gasteiger partial charge < -0.3 is 10.7 Å². The standard InChI is InChI=1S/C14H19N5O/c1-10-11(9-17-19-10)5-4-8-16-14(20)12-6-2-3-7-13(12)18-15/h2-3,6-7,9,18H,4-5,8,15H2,1H3,(H,16,20)(H,17,19). The van der Waals surface area contributed by atoms with Crippen LogP contribution < -0.4 is 16.6 Å². The van der Waals surface area contributed by atoms with E-state index in [1.54, 1.807) is 12.1 Å². The summed E-state index contributed by atoms with van der Waals surface area (Å²) in [5.74, 6) is 5.26. The monoisotopic (exact) mass is 273 g/mol. The summed E-state index contributed by atoms with van der Waals surface area (Å²) in [6, 6.07) is 7.15. The van der Waals surface area contributed by atoms with Crippen molar-refractivity contribution in [2.24, 2.45) is 5.84 Å². The van der Waals surface area contributed by atoms with Crippen molar-refractivity contribution in [2.45, 2.75) is 19.8 Å². The number of benzene rings is 1. The minimum Gasteiger partial charge on any atom is -0.352 e. The zero-order valence-electron chi connectivity index (χ0n) is 11.4. The lowest BCUT2D eigenvalue weighted by molar-refractivity contribution is 0.0954. The molecule has 1 aromatic carbocycles. The van der Waals surface area contributed by atoms with Gasteiger partial charge in [0.25, 0.3) is 5.91 Å². The minimum absolute atomic E-state index is 0.123. The van der Waals surface area contributed by atoms with Gasteiger partial charge in [-0.05, 0) is 37.5 Å². The second-order valence-corrected chi connectivity index (χ2v) is 4.57. The average molecular weight is 273 g/mol. The van der Waals surface area contributed by atoms with E-state index in [-0.39, 0.29) is 5.91 Å². The van der Waals surface area contributed by atoms with Crippen LogP contribution in [0.4, 0.5) is 5.69 Å². The van der Waals surface area contributed by atoms with Crippen molar-refractivity contribution in [1.29, 1.82) is 0 Å². The molecule has 6 heteroatoms. The van der Waals surface area contributed by atoms with Crippen LogP contribution in [-0.2, 0) is 6.42 Å². The van der Waals surface area contributed by atoms with E-state index in [2.05, 4.69) is 20.9 Å². The molecule has 0 fully saturated rings. The van der Waals surface area contributed by atoms with Gasteiger partial charge in [-0.2, -0.15) is 5.10 Å². The third-order valence-corrected chi connectivity index (χ3v) is 3.17. The Labute approximate surface area is 117 Å². The summed E-state index contributed by atoms with van der Waals surface area (Å²) in [6.07, 6.45) is 3.58. The smallest absolute Gasteiger partial charge is 0.253 e. The third-order valence-electron chi connectivity index (χ3n) is 3.17. The maximum atomic E-state index is 12.0. The van der Waals surface area contributed by atoms with Crippen LogP contribution in [0.1, 0.15) is 28.0 Å². The third kappa shape index (κ3) is 3.36. The van der Waals surface area contributed by atoms with E-state index in [1.807, 2.05) is 25.3 Å². The van der Waals surface area contributed by atoms with Crippen molar-refractivity contribution >= 4 is 11.6 Å². The molecule has 0 spiro atoms. The number of hydrazine groups is 1. The van der Waals surface area contributed by atoms with Gasteiger partial charge in [-0.3, -0.25) is 15.7 Å². The molecular weight excluding hydrogens is 254 g/mol. The number of carbonyl (C=O) groups is 1. The Balaban J connectivity index is 1.82. The molecule has 0 atom stereocenters. The van der Waals surface area contributed by atoms with Gasteiger partial charge in [0.2, 0.25) is 0 Å². The van der Waals surface area contributed by atoms with E-state index >= 15 is 0 Å². The first kappa shape index (κ1) is 14.1. The maximum Gasteiger partial charge on any atom is 0.253 e. The highest BCUT2D eigenvalue weighted by atomic mass is 16.1. The number of rotatable bonds is 6. The number of aromatic nitrogens is 2. The summed E-state index contributed by atoms with van der Waals surface area (Å²) in [5, 5.41) is 9.76. The number of aromatic amines is 1. The van der Waals surface area contributed by atoms with Gasteiger partial charge in [0, 0.05) is 12.2 Å². The van der Waals surface area contributed by atoms with Gasteiger partial charge in [0.15, 0.2) is 0 Å². The number of hydrogen-bond donors (Lipinski definition) is 4. The van der Waals surface area contributed by atoms with Crippen molar-refractivity contribution in [3.8, 4) is 0 Å². The van der Waals surface area contributed by atoms with Crippen molar-refractivity contribution < 1.29 is 4.79 Å². The topological polar surface area (TPSA) is 95.8 Å². The SMILES string of the molecule is Cc1[nH]ncc1CCCNC(=O)c1ccccc1NN. The summed E-state index contributed by atoms with van der Waals surface area (Å²) >= 11 is 0. The highest BCUT2D eigenvalue weighted by Crippen LogP contribution is 2.13. The number of nitrogens with zero attached hydrogens (tertiary/aromatic N) is 1. The fraction of sp³-hybridized carbons (Fsp3) is 0.286. The Hall–Kier alpha value is -2.34. The second-order valence-electron chi connectivity index (χ2n) is 4.57. The van der Waals surface area contributed by atoms with Crippen molar-refractivity contribution in [3.05, 3.63) is 47.3 Å². The number of amides is 1. The van der Waals surface area contributed by atoms with Gasteiger partial charge in [-0.15, -0.1) is 0 Å². The molecule has 106 valence electrons. The highest BCUT2D eigenvalue weighted by molar-refractivity contribution is 5.99. The second kappa shape index (κ2) is 6.72. The molecule has 20 heavy (non-hydrogen) atoms. The van der Waals surface area contributed by atoms with Crippen LogP contribution in [0.2, 0.25) is 0 Å². The quantitative estimate of drug-likeness (QED) is 0.363. The Morgan fingerprint density at radius 1 is 1.40 bits per heavy atom. The molecule has 6 nitrogen and oxygen atoms in total. The van der Waals surface area contributed by atoms with E-state index in [0.717, 1.165) is 18.5 Å². The molecule has 0 saturated heterocycles. The van der Waals surface area contributed by atoms with E-state index in [1.165, 1.54) is 5.56 Å². The molecule has 0 radical (unpaired) electrons. The van der Waals surface area contributed by atoms with Crippen LogP contribution in [-0.4, -0.2) is 22.6 Å². The predicted octanol–water partition coefficient (Wildman–Crippen LogP) is 1.37. The number of H-pyrrole nitrogens is 1. The summed E-state index contributed by atoms with van der Waals surface area (Å²) in [4.78, 5) is 12.0. The fourth-order valence-corrected chi connectivity index (χ4v) is 2.01. The Morgan fingerprint density at radius 3 is 2.90 bits per heavy atom. The Bertz CT molecular complexity index is 578. The molecular formula is C14H19N5O.